The highest BCUT2D eigenvalue weighted by Crippen LogP contribution is 2.39. The normalized spacial score (nSPS) is 19.9. The average Bonchev–Trinajstić information content (AvgIpc) is 2.72. The van der Waals surface area contributed by atoms with E-state index in [0.29, 0.717) is 24.0 Å². The second kappa shape index (κ2) is 6.60. The van der Waals surface area contributed by atoms with Crippen LogP contribution in [0.1, 0.15) is 54.9 Å². The number of nitrogens with zero attached hydrogens (tertiary/aromatic N) is 1. The van der Waals surface area contributed by atoms with Crippen LogP contribution in [0.4, 0.5) is 0 Å². The van der Waals surface area contributed by atoms with Gasteiger partial charge in [-0.1, -0.05) is 43.5 Å². The van der Waals surface area contributed by atoms with E-state index >= 15 is 0 Å². The molecular formula is C18H21NO2. The first-order valence-corrected chi connectivity index (χ1v) is 7.41. The van der Waals surface area contributed by atoms with Crippen molar-refractivity contribution in [2.75, 3.05) is 0 Å². The van der Waals surface area contributed by atoms with Gasteiger partial charge in [-0.15, -0.1) is 6.58 Å². The Morgan fingerprint density at radius 2 is 2.19 bits per heavy atom. The van der Waals surface area contributed by atoms with E-state index in [4.69, 9.17) is 0 Å². The first-order valence-electron chi connectivity index (χ1n) is 7.41. The maximum absolute atomic E-state index is 12.5. The number of aliphatic hydroxyl groups is 1. The van der Waals surface area contributed by atoms with Gasteiger partial charge in [0.2, 0.25) is 0 Å². The van der Waals surface area contributed by atoms with E-state index < -0.39 is 5.72 Å². The van der Waals surface area contributed by atoms with Crippen molar-refractivity contribution < 1.29 is 9.90 Å². The number of unbranched alkanes of at least 4 members (excludes halogenated alkanes) is 2. The third-order valence-electron chi connectivity index (χ3n) is 3.71. The molecule has 3 heteroatoms. The number of hydrogen-bond acceptors (Lipinski definition) is 2. The Balaban J connectivity index is 2.36. The molecule has 1 unspecified atom stereocenters. The molecule has 1 heterocycles. The summed E-state index contributed by atoms with van der Waals surface area (Å²) in [7, 11) is 0. The zero-order valence-corrected chi connectivity index (χ0v) is 12.4. The fourth-order valence-corrected chi connectivity index (χ4v) is 2.52. The van der Waals surface area contributed by atoms with Crippen molar-refractivity contribution in [2.45, 2.75) is 44.8 Å². The number of carbonyl (C=O) groups is 1. The van der Waals surface area contributed by atoms with Crippen LogP contribution in [0.5, 0.6) is 0 Å². The molecule has 0 saturated carbocycles. The molecule has 0 radical (unpaired) electrons. The van der Waals surface area contributed by atoms with E-state index in [0.717, 1.165) is 19.3 Å². The van der Waals surface area contributed by atoms with Crippen molar-refractivity contribution in [3.63, 3.8) is 0 Å². The van der Waals surface area contributed by atoms with Gasteiger partial charge in [-0.3, -0.25) is 4.79 Å². The van der Waals surface area contributed by atoms with E-state index in [1.54, 1.807) is 24.3 Å². The van der Waals surface area contributed by atoms with Crippen LogP contribution in [-0.2, 0) is 5.72 Å². The molecule has 2 rings (SSSR count). The predicted octanol–water partition coefficient (Wildman–Crippen LogP) is 3.40. The van der Waals surface area contributed by atoms with E-state index in [1.165, 1.54) is 4.90 Å². The zero-order chi connectivity index (χ0) is 15.3. The number of fused-ring (bicyclic) bond motifs is 1. The van der Waals surface area contributed by atoms with Crippen LogP contribution in [0.25, 0.3) is 0 Å². The van der Waals surface area contributed by atoms with E-state index in [1.807, 2.05) is 6.07 Å². The van der Waals surface area contributed by atoms with Gasteiger partial charge in [0.05, 0.1) is 0 Å². The standard InChI is InChI=1S/C18H21NO2/c1-3-5-7-10-14-19-17(20)15-11-8-9-12-16(15)18(19,21)13-6-4-2/h4,8-9,11-12,21H,2-3,5-7,13H2,1H3. The van der Waals surface area contributed by atoms with Crippen LogP contribution >= 0.6 is 0 Å². The van der Waals surface area contributed by atoms with Gasteiger partial charge >= 0.3 is 0 Å². The highest BCUT2D eigenvalue weighted by atomic mass is 16.3. The van der Waals surface area contributed by atoms with Crippen LogP contribution in [0.15, 0.2) is 36.9 Å². The van der Waals surface area contributed by atoms with Gasteiger partial charge in [0.1, 0.15) is 0 Å². The first-order chi connectivity index (χ1) is 10.1. The van der Waals surface area contributed by atoms with Crippen molar-refractivity contribution in [3.05, 3.63) is 48.0 Å². The predicted molar refractivity (Wildman–Crippen MR) is 83.2 cm³/mol. The minimum atomic E-state index is -1.35. The number of rotatable bonds is 5. The Kier molecular flexibility index (Phi) is 4.82. The second-order valence-electron chi connectivity index (χ2n) is 5.22. The lowest BCUT2D eigenvalue weighted by Crippen LogP contribution is -2.40. The van der Waals surface area contributed by atoms with Crippen molar-refractivity contribution in [2.24, 2.45) is 0 Å². The summed E-state index contributed by atoms with van der Waals surface area (Å²) in [6.45, 7) is 5.78. The van der Waals surface area contributed by atoms with Crippen LogP contribution < -0.4 is 0 Å². The van der Waals surface area contributed by atoms with Crippen molar-refractivity contribution >= 4 is 5.91 Å². The quantitative estimate of drug-likeness (QED) is 0.511. The van der Waals surface area contributed by atoms with E-state index in [9.17, 15) is 9.90 Å². The number of allylic oxidation sites excluding steroid dienone is 1. The summed E-state index contributed by atoms with van der Waals surface area (Å²) in [6, 6.07) is 10.0. The van der Waals surface area contributed by atoms with Crippen LogP contribution in [0, 0.1) is 12.0 Å². The Labute approximate surface area is 126 Å². The summed E-state index contributed by atoms with van der Waals surface area (Å²) >= 11 is 0. The van der Waals surface area contributed by atoms with Gasteiger partial charge in [-0.2, -0.15) is 0 Å². The average molecular weight is 283 g/mol. The molecular weight excluding hydrogens is 262 g/mol. The van der Waals surface area contributed by atoms with Gasteiger partial charge in [0.15, 0.2) is 5.72 Å². The van der Waals surface area contributed by atoms with Gasteiger partial charge in [-0.05, 0) is 18.9 Å². The van der Waals surface area contributed by atoms with E-state index in [2.05, 4.69) is 25.5 Å². The molecule has 1 aliphatic rings. The SMILES string of the molecule is C=CCCC1(O)c2ccccc2C(=O)N1C#CCCCC. The smallest absolute Gasteiger partial charge is 0.268 e. The Morgan fingerprint density at radius 3 is 2.90 bits per heavy atom. The fourth-order valence-electron chi connectivity index (χ4n) is 2.52. The zero-order valence-electron chi connectivity index (χ0n) is 12.4. The summed E-state index contributed by atoms with van der Waals surface area (Å²) in [4.78, 5) is 13.8. The minimum Gasteiger partial charge on any atom is -0.366 e. The Hall–Kier alpha value is -2.05. The molecule has 1 aromatic rings. The Morgan fingerprint density at radius 1 is 1.43 bits per heavy atom. The first kappa shape index (κ1) is 15.3. The largest absolute Gasteiger partial charge is 0.366 e. The molecule has 0 aliphatic carbocycles. The third-order valence-corrected chi connectivity index (χ3v) is 3.71. The summed E-state index contributed by atoms with van der Waals surface area (Å²) in [6.07, 6.45) is 5.55. The monoisotopic (exact) mass is 283 g/mol. The molecule has 1 aliphatic heterocycles. The molecule has 0 fully saturated rings. The van der Waals surface area contributed by atoms with Crippen molar-refractivity contribution in [1.29, 1.82) is 0 Å². The molecule has 1 amide bonds. The van der Waals surface area contributed by atoms with Gasteiger partial charge in [-0.25, -0.2) is 4.90 Å². The molecule has 0 bridgehead atoms. The lowest BCUT2D eigenvalue weighted by atomic mass is 9.97. The lowest BCUT2D eigenvalue weighted by molar-refractivity contribution is -0.0621. The number of benzene rings is 1. The summed E-state index contributed by atoms with van der Waals surface area (Å²) < 4.78 is 0. The van der Waals surface area contributed by atoms with Crippen LogP contribution in [0.2, 0.25) is 0 Å². The highest BCUT2D eigenvalue weighted by molar-refractivity contribution is 6.00. The van der Waals surface area contributed by atoms with Gasteiger partial charge in [0.25, 0.3) is 5.91 Å². The molecule has 0 aromatic heterocycles. The van der Waals surface area contributed by atoms with Crippen molar-refractivity contribution in [1.82, 2.24) is 4.90 Å². The number of amides is 1. The molecule has 0 spiro atoms. The van der Waals surface area contributed by atoms with Crippen molar-refractivity contribution in [3.8, 4) is 12.0 Å². The number of carbonyl (C=O) groups excluding carboxylic acids is 1. The van der Waals surface area contributed by atoms with Crippen LogP contribution in [0.3, 0.4) is 0 Å². The van der Waals surface area contributed by atoms with Gasteiger partial charge in [0, 0.05) is 30.0 Å². The summed E-state index contributed by atoms with van der Waals surface area (Å²) in [5, 5.41) is 11.0. The molecule has 0 saturated heterocycles. The summed E-state index contributed by atoms with van der Waals surface area (Å²) in [5.74, 6) is 2.77. The molecule has 1 aromatic carbocycles. The maximum Gasteiger partial charge on any atom is 0.268 e. The second-order valence-corrected chi connectivity index (χ2v) is 5.22. The maximum atomic E-state index is 12.5. The molecule has 1 N–H and O–H groups in total. The molecule has 21 heavy (non-hydrogen) atoms. The minimum absolute atomic E-state index is 0.221. The third kappa shape index (κ3) is 2.86. The summed E-state index contributed by atoms with van der Waals surface area (Å²) in [5.41, 5.74) is -0.170. The number of hydrogen-bond donors (Lipinski definition) is 1. The van der Waals surface area contributed by atoms with Gasteiger partial charge < -0.3 is 5.11 Å². The molecule has 1 atom stereocenters. The Bertz CT molecular complexity index is 597. The molecule has 110 valence electrons. The lowest BCUT2D eigenvalue weighted by Gasteiger charge is -2.29. The fraction of sp³-hybridized carbons (Fsp3) is 0.389. The van der Waals surface area contributed by atoms with Crippen LogP contribution in [-0.4, -0.2) is 15.9 Å². The topological polar surface area (TPSA) is 40.5 Å². The molecule has 3 nitrogen and oxygen atoms in total. The highest BCUT2D eigenvalue weighted by Gasteiger charge is 2.47. The van der Waals surface area contributed by atoms with E-state index in [-0.39, 0.29) is 5.91 Å².